The maximum atomic E-state index is 3.34. The van der Waals surface area contributed by atoms with Gasteiger partial charge in [-0.3, -0.25) is 0 Å². The molecule has 1 aromatic heterocycles. The van der Waals surface area contributed by atoms with Gasteiger partial charge in [0.25, 0.3) is 0 Å². The number of para-hydroxylation sites is 1. The molecule has 0 bridgehead atoms. The maximum absolute atomic E-state index is 3.34. The second kappa shape index (κ2) is 5.40. The molecule has 1 heterocycles. The van der Waals surface area contributed by atoms with Crippen LogP contribution >= 0.6 is 8.19 Å². The van der Waals surface area contributed by atoms with E-state index in [4.69, 9.17) is 0 Å². The third kappa shape index (κ3) is 2.57. The van der Waals surface area contributed by atoms with E-state index in [9.17, 15) is 0 Å². The molecule has 0 unspecified atom stereocenters. The molecule has 12 heavy (non-hydrogen) atoms. The summed E-state index contributed by atoms with van der Waals surface area (Å²) in [6.07, 6.45) is 0. The van der Waals surface area contributed by atoms with E-state index in [2.05, 4.69) is 29.2 Å². The van der Waals surface area contributed by atoms with Gasteiger partial charge in [0.15, 0.2) is 0 Å². The molecule has 2 rings (SSSR count). The molecule has 0 radical (unpaired) electrons. The second-order valence-electron chi connectivity index (χ2n) is 2.10. The van der Waals surface area contributed by atoms with Gasteiger partial charge in [0, 0.05) is 0 Å². The number of halogens is 2. The van der Waals surface area contributed by atoms with Gasteiger partial charge in [-0.2, -0.15) is 0 Å². The van der Waals surface area contributed by atoms with Crippen molar-refractivity contribution < 1.29 is 49.5 Å². The topological polar surface area (TPSA) is 15.8 Å². The third-order valence-corrected chi connectivity index (χ3v) is 3.49. The fourth-order valence-corrected chi connectivity index (χ4v) is 3.00. The normalized spacial score (nSPS) is 9.50. The van der Waals surface area contributed by atoms with E-state index in [-0.39, 0.29) is 24.8 Å². The summed E-state index contributed by atoms with van der Waals surface area (Å²) in [5.74, 6) is 0. The van der Waals surface area contributed by atoms with Crippen LogP contribution in [-0.2, 0) is 24.7 Å². The monoisotopic (exact) mass is 294 g/mol. The average Bonchev–Trinajstić information content (AvgIpc) is 2.27. The number of aromatic nitrogens is 1. The van der Waals surface area contributed by atoms with Gasteiger partial charge < -0.3 is 24.8 Å². The minimum atomic E-state index is 0. The molecular formula is C7H5Cl2NPZr. The second-order valence-corrected chi connectivity index (χ2v) is 5.52. The fraction of sp³-hybridized carbons (Fsp3) is 0. The molecule has 0 aliphatic carbocycles. The molecule has 0 saturated carbocycles. The Kier molecular flexibility index (Phi) is 5.69. The Morgan fingerprint density at radius 1 is 1.17 bits per heavy atom. The molecule has 1 aromatic carbocycles. The first kappa shape index (κ1) is 12.7. The molecule has 0 spiro atoms. The number of benzene rings is 1. The predicted molar refractivity (Wildman–Crippen MR) is 40.4 cm³/mol. The molecule has 61 valence electrons. The molecule has 1 N–H and O–H groups in total. The van der Waals surface area contributed by atoms with Crippen LogP contribution in [0.3, 0.4) is 0 Å². The Morgan fingerprint density at radius 2 is 1.83 bits per heavy atom. The summed E-state index contributed by atoms with van der Waals surface area (Å²) < 4.78 is 1.41. The van der Waals surface area contributed by atoms with E-state index < -0.39 is 0 Å². The van der Waals surface area contributed by atoms with Gasteiger partial charge in [-0.05, 0) is 0 Å². The van der Waals surface area contributed by atoms with E-state index in [1.54, 1.807) is 0 Å². The van der Waals surface area contributed by atoms with Crippen LogP contribution in [0.2, 0.25) is 0 Å². The van der Waals surface area contributed by atoms with Gasteiger partial charge in [0.05, 0.1) is 0 Å². The van der Waals surface area contributed by atoms with Crippen LogP contribution in [0.5, 0.6) is 0 Å². The summed E-state index contributed by atoms with van der Waals surface area (Å²) in [6.45, 7) is 0. The molecule has 1 nitrogen and oxygen atoms in total. The standard InChI is InChI=1S/C7H5NP.2ClH.Zr/c1-2-4-7-6(3-1)8-5-9-7;;;/h1-4,8H;2*1H;/q;;;+2/p-2. The van der Waals surface area contributed by atoms with Crippen molar-refractivity contribution in [3.8, 4) is 0 Å². The molecule has 0 aliphatic rings. The minimum absolute atomic E-state index is 0. The number of hydrogen-bond acceptors (Lipinski definition) is 0. The van der Waals surface area contributed by atoms with Crippen LogP contribution in [-0.4, -0.2) is 4.98 Å². The molecule has 0 saturated heterocycles. The Balaban J connectivity index is 0.000000605. The molecule has 0 fully saturated rings. The van der Waals surface area contributed by atoms with Crippen LogP contribution in [0.15, 0.2) is 24.3 Å². The zero-order chi connectivity index (χ0) is 6.97. The van der Waals surface area contributed by atoms with Crippen molar-refractivity contribution in [2.45, 2.75) is 0 Å². The number of fused-ring (bicyclic) bond motifs is 1. The van der Waals surface area contributed by atoms with Gasteiger partial charge in [-0.15, -0.1) is 0 Å². The van der Waals surface area contributed by atoms with E-state index in [1.807, 2.05) is 0 Å². The first-order chi connectivity index (χ1) is 4.86. The Hall–Kier alpha value is 0.653. The first-order valence-corrected chi connectivity index (χ1v) is 5.15. The van der Waals surface area contributed by atoms with Crippen molar-refractivity contribution in [3.63, 3.8) is 0 Å². The zero-order valence-corrected chi connectivity index (χ0v) is 10.9. The van der Waals surface area contributed by atoms with Crippen molar-refractivity contribution in [2.24, 2.45) is 0 Å². The number of rotatable bonds is 0. The van der Waals surface area contributed by atoms with Crippen LogP contribution in [0.4, 0.5) is 0 Å². The SMILES string of the molecule is [Cl-].[Cl-].[Zr+2][c]1[nH]c2ccccc2p1. The summed E-state index contributed by atoms with van der Waals surface area (Å²) in [5, 5.41) is 1.41. The van der Waals surface area contributed by atoms with E-state index in [0.717, 1.165) is 0 Å². The molecule has 0 amide bonds. The van der Waals surface area contributed by atoms with Crippen molar-refractivity contribution in [3.05, 3.63) is 24.3 Å². The van der Waals surface area contributed by atoms with E-state index in [1.165, 1.54) is 46.7 Å². The molecule has 0 atom stereocenters. The predicted octanol–water partition coefficient (Wildman–Crippen LogP) is -4.07. The number of hydrogen-bond donors (Lipinski definition) is 1. The summed E-state index contributed by atoms with van der Waals surface area (Å²) in [5.41, 5.74) is 1.29. The summed E-state index contributed by atoms with van der Waals surface area (Å²) >= 11 is 1.49. The van der Waals surface area contributed by atoms with Gasteiger partial charge >= 0.3 is 75.9 Å². The Labute approximate surface area is 100 Å². The van der Waals surface area contributed by atoms with Crippen molar-refractivity contribution >= 4 is 22.0 Å². The van der Waals surface area contributed by atoms with Crippen LogP contribution < -0.4 is 27.9 Å². The van der Waals surface area contributed by atoms with Crippen molar-refractivity contribution in [1.82, 2.24) is 4.98 Å². The van der Waals surface area contributed by atoms with Gasteiger partial charge in [0.2, 0.25) is 0 Å². The van der Waals surface area contributed by atoms with Gasteiger partial charge in [-0.25, -0.2) is 0 Å². The summed E-state index contributed by atoms with van der Waals surface area (Å²) in [6, 6.07) is 8.44. The first-order valence-electron chi connectivity index (χ1n) is 3.02. The van der Waals surface area contributed by atoms with E-state index >= 15 is 0 Å². The summed E-state index contributed by atoms with van der Waals surface area (Å²) in [7, 11) is 1.37. The van der Waals surface area contributed by atoms with Gasteiger partial charge in [0.1, 0.15) is 0 Å². The number of H-pyrrole nitrogens is 1. The third-order valence-electron chi connectivity index (χ3n) is 1.39. The van der Waals surface area contributed by atoms with Crippen molar-refractivity contribution in [2.75, 3.05) is 0 Å². The number of aromatic amines is 1. The number of nitrogens with one attached hydrogen (secondary N) is 1. The van der Waals surface area contributed by atoms with Gasteiger partial charge in [-0.1, -0.05) is 0 Å². The molecule has 5 heteroatoms. The molecule has 0 aliphatic heterocycles. The quantitative estimate of drug-likeness (QED) is 0.509. The average molecular weight is 296 g/mol. The Bertz CT molecular complexity index is 330. The fourth-order valence-electron chi connectivity index (χ4n) is 0.953. The molecular weight excluding hydrogens is 291 g/mol. The van der Waals surface area contributed by atoms with Crippen LogP contribution in [0.25, 0.3) is 10.6 Å². The van der Waals surface area contributed by atoms with Crippen LogP contribution in [0.1, 0.15) is 0 Å². The van der Waals surface area contributed by atoms with Crippen molar-refractivity contribution in [1.29, 1.82) is 0 Å². The van der Waals surface area contributed by atoms with Crippen LogP contribution in [0, 0.1) is 0 Å². The molecule has 2 aromatic rings. The van der Waals surface area contributed by atoms with E-state index in [0.29, 0.717) is 0 Å². The Morgan fingerprint density at radius 3 is 2.50 bits per heavy atom. The zero-order valence-electron chi connectivity index (χ0n) is 6.01. The summed E-state index contributed by atoms with van der Waals surface area (Å²) in [4.78, 5) is 3.34.